The zero-order valence-corrected chi connectivity index (χ0v) is 38.7. The molecule has 6 aliphatic carbocycles. The molecule has 14 unspecified atom stereocenters. The molecule has 6 saturated carbocycles. The molecule has 0 amide bonds. The monoisotopic (exact) mass is 822 g/mol. The maximum atomic E-state index is 4.93. The second-order valence-electron chi connectivity index (χ2n) is 20.7. The van der Waals surface area contributed by atoms with Crippen LogP contribution in [0.1, 0.15) is 160 Å². The Bertz CT molecular complexity index is 1310. The third-order valence-corrected chi connectivity index (χ3v) is 16.2. The molecular formula is C49H74Cl2Zr. The molecule has 0 saturated heterocycles. The Labute approximate surface area is 340 Å². The SMILES string of the molecule is CC1CC2C(CC3CCCC3C2c2ccc(C(C)(C)C)cc2)C1CC1C(C)CC2C1CC1CCCC1C2c1ccc(C(C)(C)C)cc1.[CH3-].[CH3-].[Cl][Zr+2][Cl]. The topological polar surface area (TPSA) is 0 Å². The molecule has 0 N–H and O–H groups in total. The Kier molecular flexibility index (Phi) is 14.2. The van der Waals surface area contributed by atoms with Gasteiger partial charge in [0.1, 0.15) is 0 Å². The van der Waals surface area contributed by atoms with Gasteiger partial charge in [-0.05, 0) is 161 Å². The summed E-state index contributed by atoms with van der Waals surface area (Å²) in [7, 11) is 9.87. The standard InChI is InChI=1S/C47H68.2CH3.2ClH.Zr/c1-28-23-42-40(25-32-11-9-13-36(32)44(42)30-15-19-34(20-16-30)46(3,4)5)38(28)27-39-29(2)24-43-41(39)26-33-12-10-14-37(33)45(43)31-17-21-35(22-18-31)47(6,7)8;;;;;/h15-22,28-29,32-33,36-45H,9-14,23-27H2,1-8H3;2*1H3;2*1H;/q;2*-1;;;+4/p-2. The van der Waals surface area contributed by atoms with Crippen molar-refractivity contribution < 1.29 is 20.8 Å². The number of halogens is 2. The van der Waals surface area contributed by atoms with E-state index in [0.29, 0.717) is 0 Å². The maximum absolute atomic E-state index is 4.93. The fourth-order valence-corrected chi connectivity index (χ4v) is 14.1. The number of fused-ring (bicyclic) bond motifs is 4. The number of hydrogen-bond donors (Lipinski definition) is 0. The molecule has 0 aromatic heterocycles. The van der Waals surface area contributed by atoms with Gasteiger partial charge in [0, 0.05) is 0 Å². The first kappa shape index (κ1) is 43.0. The summed E-state index contributed by atoms with van der Waals surface area (Å²) in [6, 6.07) is 20.3. The van der Waals surface area contributed by atoms with E-state index in [2.05, 4.69) is 104 Å². The van der Waals surface area contributed by atoms with Gasteiger partial charge in [-0.3, -0.25) is 0 Å². The Balaban J connectivity index is 0.00000101. The average molecular weight is 825 g/mol. The molecule has 6 fully saturated rings. The zero-order valence-electron chi connectivity index (χ0n) is 34.7. The molecule has 2 aromatic rings. The van der Waals surface area contributed by atoms with E-state index in [4.69, 9.17) is 17.0 Å². The molecule has 288 valence electrons. The average Bonchev–Trinajstić information content (AvgIpc) is 3.85. The van der Waals surface area contributed by atoms with Crippen LogP contribution >= 0.6 is 17.0 Å². The van der Waals surface area contributed by atoms with Crippen molar-refractivity contribution >= 4 is 17.0 Å². The van der Waals surface area contributed by atoms with Crippen molar-refractivity contribution in [3.8, 4) is 0 Å². The molecule has 6 aliphatic rings. The second-order valence-corrected chi connectivity index (χ2v) is 24.4. The molecule has 0 spiro atoms. The van der Waals surface area contributed by atoms with Crippen LogP contribution in [0.3, 0.4) is 0 Å². The summed E-state index contributed by atoms with van der Waals surface area (Å²) < 4.78 is 0. The van der Waals surface area contributed by atoms with Crippen LogP contribution in [0.25, 0.3) is 0 Å². The van der Waals surface area contributed by atoms with Crippen molar-refractivity contribution in [1.82, 2.24) is 0 Å². The Morgan fingerprint density at radius 1 is 0.519 bits per heavy atom. The van der Waals surface area contributed by atoms with E-state index in [-0.39, 0.29) is 25.7 Å². The third kappa shape index (κ3) is 8.30. The van der Waals surface area contributed by atoms with E-state index in [0.717, 1.165) is 82.9 Å². The van der Waals surface area contributed by atoms with Crippen LogP contribution in [0.4, 0.5) is 0 Å². The fourth-order valence-electron chi connectivity index (χ4n) is 14.1. The summed E-state index contributed by atoms with van der Waals surface area (Å²) in [6.07, 6.45) is 16.6. The van der Waals surface area contributed by atoms with Crippen LogP contribution in [0, 0.1) is 85.9 Å². The van der Waals surface area contributed by atoms with Gasteiger partial charge in [-0.2, -0.15) is 0 Å². The van der Waals surface area contributed by atoms with E-state index in [9.17, 15) is 0 Å². The van der Waals surface area contributed by atoms with Crippen molar-refractivity contribution in [2.75, 3.05) is 0 Å². The number of hydrogen-bond acceptors (Lipinski definition) is 0. The van der Waals surface area contributed by atoms with Crippen molar-refractivity contribution in [3.63, 3.8) is 0 Å². The van der Waals surface area contributed by atoms with E-state index in [1.54, 1.807) is 30.4 Å². The van der Waals surface area contributed by atoms with Gasteiger partial charge in [-0.25, -0.2) is 0 Å². The molecule has 14 atom stereocenters. The van der Waals surface area contributed by atoms with Gasteiger partial charge in [0.05, 0.1) is 0 Å². The molecule has 0 aliphatic heterocycles. The minimum absolute atomic E-state index is 0. The predicted octanol–water partition coefficient (Wildman–Crippen LogP) is 15.2. The summed E-state index contributed by atoms with van der Waals surface area (Å²) in [5.41, 5.74) is 6.87. The Morgan fingerprint density at radius 2 is 0.865 bits per heavy atom. The van der Waals surface area contributed by atoms with Crippen LogP contribution in [0.2, 0.25) is 0 Å². The molecule has 2 aromatic carbocycles. The number of benzene rings is 2. The molecule has 3 heteroatoms. The van der Waals surface area contributed by atoms with E-state index in [1.165, 1.54) is 62.5 Å². The van der Waals surface area contributed by atoms with Crippen LogP contribution < -0.4 is 0 Å². The van der Waals surface area contributed by atoms with Gasteiger partial charge >= 0.3 is 37.9 Å². The van der Waals surface area contributed by atoms with Crippen molar-refractivity contribution in [3.05, 3.63) is 85.6 Å². The Morgan fingerprint density at radius 3 is 1.19 bits per heavy atom. The summed E-state index contributed by atoms with van der Waals surface area (Å²) in [5, 5.41) is 0. The van der Waals surface area contributed by atoms with Gasteiger partial charge in [0.15, 0.2) is 0 Å². The zero-order chi connectivity index (χ0) is 35.5. The van der Waals surface area contributed by atoms with Gasteiger partial charge in [0.25, 0.3) is 0 Å². The van der Waals surface area contributed by atoms with Crippen LogP contribution in [0.15, 0.2) is 48.5 Å². The molecule has 0 bridgehead atoms. The molecule has 0 nitrogen and oxygen atoms in total. The molecule has 0 heterocycles. The van der Waals surface area contributed by atoms with Gasteiger partial charge in [0.2, 0.25) is 0 Å². The third-order valence-electron chi connectivity index (χ3n) is 16.2. The minimum atomic E-state index is -0.826. The number of rotatable bonds is 4. The second kappa shape index (κ2) is 17.2. The van der Waals surface area contributed by atoms with E-state index >= 15 is 0 Å². The van der Waals surface area contributed by atoms with Crippen molar-refractivity contribution in [2.24, 2.45) is 71.0 Å². The first-order valence-electron chi connectivity index (χ1n) is 21.0. The summed E-state index contributed by atoms with van der Waals surface area (Å²) in [6.45, 7) is 19.6. The summed E-state index contributed by atoms with van der Waals surface area (Å²) >= 11 is -0.826. The van der Waals surface area contributed by atoms with E-state index in [1.807, 2.05) is 0 Å². The summed E-state index contributed by atoms with van der Waals surface area (Å²) in [4.78, 5) is 0. The fraction of sp³-hybridized carbons (Fsp3) is 0.714. The van der Waals surface area contributed by atoms with Crippen molar-refractivity contribution in [1.29, 1.82) is 0 Å². The first-order valence-corrected chi connectivity index (χ1v) is 27.3. The van der Waals surface area contributed by atoms with Gasteiger partial charge in [-0.15, -0.1) is 0 Å². The molecule has 0 radical (unpaired) electrons. The normalized spacial score (nSPS) is 39.0. The van der Waals surface area contributed by atoms with Gasteiger partial charge in [-0.1, -0.05) is 130 Å². The summed E-state index contributed by atoms with van der Waals surface area (Å²) in [5.74, 6) is 13.0. The van der Waals surface area contributed by atoms with Crippen LogP contribution in [0.5, 0.6) is 0 Å². The molecular weight excluding hydrogens is 751 g/mol. The quantitative estimate of drug-likeness (QED) is 0.270. The van der Waals surface area contributed by atoms with Crippen molar-refractivity contribution in [2.45, 2.75) is 149 Å². The van der Waals surface area contributed by atoms with E-state index < -0.39 is 20.8 Å². The molecule has 8 rings (SSSR count). The Hall–Kier alpha value is -0.0969. The van der Waals surface area contributed by atoms with Gasteiger partial charge < -0.3 is 14.9 Å². The first-order chi connectivity index (χ1) is 23.8. The molecule has 52 heavy (non-hydrogen) atoms. The predicted molar refractivity (Wildman–Crippen MR) is 224 cm³/mol. The van der Waals surface area contributed by atoms with Crippen LogP contribution in [-0.4, -0.2) is 0 Å². The van der Waals surface area contributed by atoms with Crippen LogP contribution in [-0.2, 0) is 31.7 Å².